The van der Waals surface area contributed by atoms with Crippen molar-refractivity contribution in [1.29, 1.82) is 0 Å². The molecule has 0 fully saturated rings. The van der Waals surface area contributed by atoms with E-state index in [9.17, 15) is 8.42 Å². The Bertz CT molecular complexity index is 901. The molecule has 0 spiro atoms. The minimum atomic E-state index is -3.18. The molecular formula is C17H17N3O2S. The molecule has 0 bridgehead atoms. The molecule has 2 heterocycles. The van der Waals surface area contributed by atoms with Crippen LogP contribution in [-0.4, -0.2) is 29.2 Å². The third-order valence-corrected chi connectivity index (χ3v) is 4.94. The van der Waals surface area contributed by atoms with Gasteiger partial charge >= 0.3 is 0 Å². The fraction of sp³-hybridized carbons (Fsp3) is 0.176. The van der Waals surface area contributed by atoms with Crippen LogP contribution >= 0.6 is 0 Å². The topological polar surface area (TPSA) is 64.8 Å². The number of imidazole rings is 1. The largest absolute Gasteiger partial charge is 0.324 e. The molecule has 0 aliphatic carbocycles. The Labute approximate surface area is 135 Å². The van der Waals surface area contributed by atoms with E-state index in [0.717, 1.165) is 17.0 Å². The second-order valence-corrected chi connectivity index (χ2v) is 7.43. The Kier molecular flexibility index (Phi) is 4.00. The molecule has 0 saturated carbocycles. The number of aromatic nitrogens is 3. The number of pyridine rings is 1. The summed E-state index contributed by atoms with van der Waals surface area (Å²) in [6.45, 7) is 2.06. The molecule has 0 amide bonds. The number of hydrogen-bond acceptors (Lipinski definition) is 4. The highest BCUT2D eigenvalue weighted by Crippen LogP contribution is 2.25. The maximum absolute atomic E-state index is 11.6. The van der Waals surface area contributed by atoms with Gasteiger partial charge in [0.15, 0.2) is 9.84 Å². The molecule has 0 aliphatic rings. The van der Waals surface area contributed by atoms with Gasteiger partial charge in [0.2, 0.25) is 0 Å². The lowest BCUT2D eigenvalue weighted by atomic mass is 10.1. The molecule has 0 saturated heterocycles. The van der Waals surface area contributed by atoms with Gasteiger partial charge in [0.1, 0.15) is 5.82 Å². The summed E-state index contributed by atoms with van der Waals surface area (Å²) in [7, 11) is -3.18. The number of nitrogens with zero attached hydrogens (tertiary/aromatic N) is 3. The first-order valence-electron chi connectivity index (χ1n) is 7.20. The van der Waals surface area contributed by atoms with Crippen LogP contribution in [0, 0.1) is 0 Å². The van der Waals surface area contributed by atoms with Gasteiger partial charge in [0, 0.05) is 36.6 Å². The molecule has 1 atom stereocenters. The van der Waals surface area contributed by atoms with Gasteiger partial charge in [-0.2, -0.15) is 0 Å². The molecule has 6 heteroatoms. The summed E-state index contributed by atoms with van der Waals surface area (Å²) in [4.78, 5) is 8.78. The summed E-state index contributed by atoms with van der Waals surface area (Å²) in [6, 6.07) is 10.8. The van der Waals surface area contributed by atoms with Gasteiger partial charge in [-0.3, -0.25) is 4.98 Å². The average Bonchev–Trinajstić information content (AvgIpc) is 3.04. The van der Waals surface area contributed by atoms with E-state index in [1.165, 1.54) is 6.26 Å². The van der Waals surface area contributed by atoms with E-state index in [0.29, 0.717) is 4.90 Å². The molecule has 3 aromatic rings. The third kappa shape index (κ3) is 3.17. The Balaban J connectivity index is 1.96. The first kappa shape index (κ1) is 15.4. The van der Waals surface area contributed by atoms with Crippen LogP contribution in [-0.2, 0) is 9.84 Å². The van der Waals surface area contributed by atoms with E-state index < -0.39 is 9.84 Å². The summed E-state index contributed by atoms with van der Waals surface area (Å²) < 4.78 is 25.2. The monoisotopic (exact) mass is 327 g/mol. The van der Waals surface area contributed by atoms with Crippen LogP contribution in [0.15, 0.2) is 66.1 Å². The van der Waals surface area contributed by atoms with E-state index in [4.69, 9.17) is 0 Å². The first-order chi connectivity index (χ1) is 11.0. The lowest BCUT2D eigenvalue weighted by Crippen LogP contribution is -2.08. The van der Waals surface area contributed by atoms with Crippen molar-refractivity contribution in [3.8, 4) is 11.4 Å². The van der Waals surface area contributed by atoms with Crippen LogP contribution in [0.2, 0.25) is 0 Å². The number of rotatable bonds is 4. The van der Waals surface area contributed by atoms with Crippen LogP contribution in [0.4, 0.5) is 0 Å². The van der Waals surface area contributed by atoms with Crippen LogP contribution in [0.25, 0.3) is 11.4 Å². The van der Waals surface area contributed by atoms with E-state index >= 15 is 0 Å². The van der Waals surface area contributed by atoms with E-state index in [-0.39, 0.29) is 6.04 Å². The van der Waals surface area contributed by atoms with E-state index in [1.54, 1.807) is 30.7 Å². The van der Waals surface area contributed by atoms with Crippen molar-refractivity contribution in [2.75, 3.05) is 6.26 Å². The number of sulfone groups is 1. The zero-order valence-electron chi connectivity index (χ0n) is 12.9. The van der Waals surface area contributed by atoms with Gasteiger partial charge < -0.3 is 4.57 Å². The van der Waals surface area contributed by atoms with Gasteiger partial charge in [-0.05, 0) is 36.8 Å². The molecular weight excluding hydrogens is 310 g/mol. The fourth-order valence-electron chi connectivity index (χ4n) is 2.50. The fourth-order valence-corrected chi connectivity index (χ4v) is 3.13. The van der Waals surface area contributed by atoms with Gasteiger partial charge in [-0.1, -0.05) is 12.1 Å². The summed E-state index contributed by atoms with van der Waals surface area (Å²) in [5.74, 6) is 0.854. The molecule has 3 rings (SSSR count). The van der Waals surface area contributed by atoms with Gasteiger partial charge in [0.05, 0.1) is 10.9 Å². The van der Waals surface area contributed by atoms with Crippen molar-refractivity contribution in [1.82, 2.24) is 14.5 Å². The highest BCUT2D eigenvalue weighted by molar-refractivity contribution is 7.90. The van der Waals surface area contributed by atoms with Crippen LogP contribution in [0.1, 0.15) is 18.5 Å². The van der Waals surface area contributed by atoms with Crippen molar-refractivity contribution < 1.29 is 8.42 Å². The van der Waals surface area contributed by atoms with Gasteiger partial charge in [0.25, 0.3) is 0 Å². The zero-order valence-corrected chi connectivity index (χ0v) is 13.7. The van der Waals surface area contributed by atoms with Crippen molar-refractivity contribution in [3.05, 3.63) is 66.7 Å². The number of hydrogen-bond donors (Lipinski definition) is 0. The molecule has 5 nitrogen and oxygen atoms in total. The van der Waals surface area contributed by atoms with Crippen LogP contribution in [0.3, 0.4) is 0 Å². The average molecular weight is 327 g/mol. The lowest BCUT2D eigenvalue weighted by molar-refractivity contribution is 0.601. The summed E-state index contributed by atoms with van der Waals surface area (Å²) in [5.41, 5.74) is 2.01. The van der Waals surface area contributed by atoms with Gasteiger partial charge in [-0.15, -0.1) is 0 Å². The van der Waals surface area contributed by atoms with Crippen LogP contribution in [0.5, 0.6) is 0 Å². The minimum Gasteiger partial charge on any atom is -0.324 e. The minimum absolute atomic E-state index is 0.0364. The quantitative estimate of drug-likeness (QED) is 0.739. The smallest absolute Gasteiger partial charge is 0.175 e. The molecule has 118 valence electrons. The molecule has 0 N–H and O–H groups in total. The summed E-state index contributed by atoms with van der Waals surface area (Å²) >= 11 is 0. The lowest BCUT2D eigenvalue weighted by Gasteiger charge is -2.17. The Hall–Kier alpha value is -2.47. The molecule has 0 aliphatic heterocycles. The maximum atomic E-state index is 11.6. The Morgan fingerprint density at radius 2 is 1.65 bits per heavy atom. The third-order valence-electron chi connectivity index (χ3n) is 3.82. The van der Waals surface area contributed by atoms with Crippen molar-refractivity contribution in [3.63, 3.8) is 0 Å². The zero-order chi connectivity index (χ0) is 16.4. The maximum Gasteiger partial charge on any atom is 0.175 e. The standard InChI is InChI=1S/C17H17N3O2S/c1-13(14-3-5-16(6-4-14)23(2,21)22)20-12-11-19-17(20)15-7-9-18-10-8-15/h3-13H,1-2H3/t13-/m1/s1. The molecule has 0 unspecified atom stereocenters. The number of benzene rings is 1. The van der Waals surface area contributed by atoms with E-state index in [2.05, 4.69) is 21.5 Å². The second kappa shape index (κ2) is 5.96. The molecule has 0 radical (unpaired) electrons. The van der Waals surface area contributed by atoms with Gasteiger partial charge in [-0.25, -0.2) is 13.4 Å². The highest BCUT2D eigenvalue weighted by atomic mass is 32.2. The predicted octanol–water partition coefficient (Wildman–Crippen LogP) is 2.96. The summed E-state index contributed by atoms with van der Waals surface area (Å²) in [6.07, 6.45) is 8.37. The molecule has 2 aromatic heterocycles. The molecule has 23 heavy (non-hydrogen) atoms. The Morgan fingerprint density at radius 1 is 1.00 bits per heavy atom. The van der Waals surface area contributed by atoms with Crippen LogP contribution < -0.4 is 0 Å². The van der Waals surface area contributed by atoms with Crippen molar-refractivity contribution in [2.45, 2.75) is 17.9 Å². The first-order valence-corrected chi connectivity index (χ1v) is 9.09. The normalized spacial score (nSPS) is 13.0. The van der Waals surface area contributed by atoms with Crippen molar-refractivity contribution in [2.24, 2.45) is 0 Å². The van der Waals surface area contributed by atoms with E-state index in [1.807, 2.05) is 30.5 Å². The SMILES string of the molecule is C[C@H](c1ccc(S(C)(=O)=O)cc1)n1ccnc1-c1ccncc1. The Morgan fingerprint density at radius 3 is 2.26 bits per heavy atom. The summed E-state index contributed by atoms with van der Waals surface area (Å²) in [5, 5.41) is 0. The predicted molar refractivity (Wildman–Crippen MR) is 88.8 cm³/mol. The van der Waals surface area contributed by atoms with Crippen molar-refractivity contribution >= 4 is 9.84 Å². The second-order valence-electron chi connectivity index (χ2n) is 5.41. The molecule has 1 aromatic carbocycles. The highest BCUT2D eigenvalue weighted by Gasteiger charge is 2.14.